The molecular formula is C35H35ClN4O5. The number of ether oxygens (including phenoxy) is 1. The second kappa shape index (κ2) is 14.8. The van der Waals surface area contributed by atoms with Crippen molar-refractivity contribution in [3.63, 3.8) is 0 Å². The zero-order chi connectivity index (χ0) is 31.8. The first-order chi connectivity index (χ1) is 21.8. The fraction of sp³-hybridized carbons (Fsp3) is 0.200. The molecule has 5 rings (SSSR count). The summed E-state index contributed by atoms with van der Waals surface area (Å²) in [4.78, 5) is 31.2. The number of carboxylic acid groups (broad SMARTS) is 1. The summed E-state index contributed by atoms with van der Waals surface area (Å²) in [6.45, 7) is 4.07. The number of anilines is 1. The molecule has 3 unspecified atom stereocenters. The van der Waals surface area contributed by atoms with Crippen molar-refractivity contribution < 1.29 is 24.3 Å². The van der Waals surface area contributed by atoms with Gasteiger partial charge in [-0.05, 0) is 66.4 Å². The molecular weight excluding hydrogens is 592 g/mol. The molecule has 45 heavy (non-hydrogen) atoms. The minimum absolute atomic E-state index is 0.321. The average Bonchev–Trinajstić information content (AvgIpc) is 3.34. The molecule has 0 saturated carbocycles. The Labute approximate surface area is 267 Å². The number of hydroxylamine groups is 1. The van der Waals surface area contributed by atoms with Gasteiger partial charge < -0.3 is 20.0 Å². The molecule has 0 saturated heterocycles. The molecule has 4 aromatic carbocycles. The standard InChI is InChI=1S/C35H35ClN4O5/c1-23-32(38-35(43)44-24(2)27-9-5-3-6-10-27)33(45-40(23)39-30-11-7-4-8-12-30)28-17-13-26(14-18-28)22-37-31(34(41)42)21-25-15-19-29(36)20-16-25/h3-20,23-24,31,37,39H,21-22H2,1-2H3,(H,38,43)(H,41,42). The minimum Gasteiger partial charge on any atom is -0.480 e. The Morgan fingerprint density at radius 1 is 0.911 bits per heavy atom. The normalized spacial score (nSPS) is 16.0. The van der Waals surface area contributed by atoms with Crippen molar-refractivity contribution in [1.82, 2.24) is 15.8 Å². The molecule has 1 aliphatic heterocycles. The second-order valence-electron chi connectivity index (χ2n) is 10.7. The molecule has 1 amide bonds. The average molecular weight is 627 g/mol. The third kappa shape index (κ3) is 8.42. The van der Waals surface area contributed by atoms with Gasteiger partial charge in [-0.1, -0.05) is 96.5 Å². The van der Waals surface area contributed by atoms with Crippen molar-refractivity contribution in [1.29, 1.82) is 0 Å². The van der Waals surface area contributed by atoms with Crippen LogP contribution in [-0.4, -0.2) is 34.4 Å². The molecule has 0 aliphatic carbocycles. The number of carbonyl (C=O) groups is 2. The first kappa shape index (κ1) is 31.6. The van der Waals surface area contributed by atoms with Crippen molar-refractivity contribution in [2.45, 2.75) is 45.0 Å². The first-order valence-corrected chi connectivity index (χ1v) is 15.0. The predicted octanol–water partition coefficient (Wildman–Crippen LogP) is 6.94. The zero-order valence-corrected chi connectivity index (χ0v) is 25.7. The van der Waals surface area contributed by atoms with Crippen molar-refractivity contribution in [3.8, 4) is 0 Å². The lowest BCUT2D eigenvalue weighted by Gasteiger charge is -2.23. The number of hydrogen-bond acceptors (Lipinski definition) is 7. The smallest absolute Gasteiger partial charge is 0.412 e. The lowest BCUT2D eigenvalue weighted by molar-refractivity contribution is -0.139. The highest BCUT2D eigenvalue weighted by Crippen LogP contribution is 2.32. The molecule has 3 atom stereocenters. The van der Waals surface area contributed by atoms with Crippen LogP contribution in [0.1, 0.15) is 42.2 Å². The molecule has 0 fully saturated rings. The van der Waals surface area contributed by atoms with E-state index in [-0.39, 0.29) is 6.04 Å². The van der Waals surface area contributed by atoms with Gasteiger partial charge in [-0.15, -0.1) is 0 Å². The van der Waals surface area contributed by atoms with Crippen LogP contribution in [0.25, 0.3) is 5.76 Å². The molecule has 4 aromatic rings. The van der Waals surface area contributed by atoms with E-state index in [1.165, 1.54) is 0 Å². The van der Waals surface area contributed by atoms with Gasteiger partial charge in [0.25, 0.3) is 0 Å². The van der Waals surface area contributed by atoms with Crippen LogP contribution in [0, 0.1) is 0 Å². The highest BCUT2D eigenvalue weighted by Gasteiger charge is 2.35. The Hall–Kier alpha value is -4.83. The van der Waals surface area contributed by atoms with Crippen LogP contribution < -0.4 is 16.1 Å². The monoisotopic (exact) mass is 626 g/mol. The first-order valence-electron chi connectivity index (χ1n) is 14.6. The summed E-state index contributed by atoms with van der Waals surface area (Å²) in [6.07, 6.45) is -0.730. The van der Waals surface area contributed by atoms with Gasteiger partial charge in [0.1, 0.15) is 18.2 Å². The number of carboxylic acids is 1. The molecule has 1 aliphatic rings. The van der Waals surface area contributed by atoms with Gasteiger partial charge in [0.15, 0.2) is 5.76 Å². The number of hydrazine groups is 1. The van der Waals surface area contributed by atoms with Crippen LogP contribution in [0.4, 0.5) is 10.5 Å². The SMILES string of the molecule is CC(OC(=O)NC1=C(c2ccc(CNC(Cc3ccc(Cl)cc3)C(=O)O)cc2)ON(Nc2ccccc2)C1C)c1ccccc1. The number of hydrogen-bond donors (Lipinski definition) is 4. The molecule has 10 heteroatoms. The van der Waals surface area contributed by atoms with Gasteiger partial charge in [-0.2, -0.15) is 0 Å². The predicted molar refractivity (Wildman–Crippen MR) is 174 cm³/mol. The molecule has 0 radical (unpaired) electrons. The van der Waals surface area contributed by atoms with Gasteiger partial charge in [0.2, 0.25) is 0 Å². The van der Waals surface area contributed by atoms with E-state index in [2.05, 4.69) is 16.1 Å². The third-order valence-corrected chi connectivity index (χ3v) is 7.68. The molecule has 0 aromatic heterocycles. The van der Waals surface area contributed by atoms with Crippen LogP contribution in [0.15, 0.2) is 115 Å². The molecule has 4 N–H and O–H groups in total. The quantitative estimate of drug-likeness (QED) is 0.134. The van der Waals surface area contributed by atoms with Crippen molar-refractivity contribution >= 4 is 35.1 Å². The summed E-state index contributed by atoms with van der Waals surface area (Å²) in [7, 11) is 0. The number of aliphatic carboxylic acids is 1. The number of para-hydroxylation sites is 1. The van der Waals surface area contributed by atoms with Gasteiger partial charge in [0, 0.05) is 17.1 Å². The zero-order valence-electron chi connectivity index (χ0n) is 24.9. The summed E-state index contributed by atoms with van der Waals surface area (Å²) in [5, 5.41) is 18.0. The maximum absolute atomic E-state index is 13.1. The van der Waals surface area contributed by atoms with Crippen LogP contribution in [0.3, 0.4) is 0 Å². The van der Waals surface area contributed by atoms with Crippen LogP contribution in [0.5, 0.6) is 0 Å². The molecule has 1 heterocycles. The van der Waals surface area contributed by atoms with E-state index in [4.69, 9.17) is 21.2 Å². The number of benzene rings is 4. The highest BCUT2D eigenvalue weighted by atomic mass is 35.5. The highest BCUT2D eigenvalue weighted by molar-refractivity contribution is 6.30. The van der Waals surface area contributed by atoms with Crippen LogP contribution >= 0.6 is 11.6 Å². The number of carbonyl (C=O) groups excluding carboxylic acids is 1. The molecule has 9 nitrogen and oxygen atoms in total. The minimum atomic E-state index is -0.935. The van der Waals surface area contributed by atoms with Crippen LogP contribution in [-0.2, 0) is 27.3 Å². The van der Waals surface area contributed by atoms with E-state index < -0.39 is 24.2 Å². The summed E-state index contributed by atoms with van der Waals surface area (Å²) in [6, 6.07) is 32.6. The van der Waals surface area contributed by atoms with Crippen molar-refractivity contribution in [2.75, 3.05) is 5.43 Å². The summed E-state index contributed by atoms with van der Waals surface area (Å²) in [5.41, 5.74) is 7.96. The van der Waals surface area contributed by atoms with E-state index in [9.17, 15) is 14.7 Å². The Morgan fingerprint density at radius 3 is 2.18 bits per heavy atom. The van der Waals surface area contributed by atoms with Gasteiger partial charge in [-0.25, -0.2) is 4.79 Å². The van der Waals surface area contributed by atoms with Crippen molar-refractivity contribution in [3.05, 3.63) is 142 Å². The number of amides is 1. The fourth-order valence-corrected chi connectivity index (χ4v) is 5.00. The Bertz CT molecular complexity index is 1620. The Kier molecular flexibility index (Phi) is 10.4. The fourth-order valence-electron chi connectivity index (χ4n) is 4.87. The summed E-state index contributed by atoms with van der Waals surface area (Å²) in [5.74, 6) is -0.476. The van der Waals surface area contributed by atoms with Crippen LogP contribution in [0.2, 0.25) is 5.02 Å². The summed E-state index contributed by atoms with van der Waals surface area (Å²) < 4.78 is 5.68. The number of rotatable bonds is 12. The second-order valence-corrected chi connectivity index (χ2v) is 11.1. The van der Waals surface area contributed by atoms with Gasteiger partial charge in [-0.3, -0.25) is 15.5 Å². The Balaban J connectivity index is 1.30. The van der Waals surface area contributed by atoms with E-state index in [0.29, 0.717) is 29.4 Å². The molecule has 0 bridgehead atoms. The number of halogens is 1. The summed E-state index contributed by atoms with van der Waals surface area (Å²) >= 11 is 5.96. The van der Waals surface area contributed by atoms with Gasteiger partial charge in [0.05, 0.1) is 11.4 Å². The topological polar surface area (TPSA) is 112 Å². The van der Waals surface area contributed by atoms with E-state index in [1.54, 1.807) is 17.3 Å². The maximum Gasteiger partial charge on any atom is 0.412 e. The number of nitrogens with zero attached hydrogens (tertiary/aromatic N) is 1. The lowest BCUT2D eigenvalue weighted by atomic mass is 10.0. The van der Waals surface area contributed by atoms with E-state index in [1.807, 2.05) is 111 Å². The third-order valence-electron chi connectivity index (χ3n) is 7.43. The lowest BCUT2D eigenvalue weighted by Crippen LogP contribution is -2.38. The van der Waals surface area contributed by atoms with E-state index in [0.717, 1.165) is 27.9 Å². The van der Waals surface area contributed by atoms with Crippen molar-refractivity contribution in [2.24, 2.45) is 0 Å². The number of nitrogens with one attached hydrogen (secondary N) is 3. The van der Waals surface area contributed by atoms with Gasteiger partial charge >= 0.3 is 12.1 Å². The molecule has 232 valence electrons. The largest absolute Gasteiger partial charge is 0.480 e. The molecule has 0 spiro atoms. The maximum atomic E-state index is 13.1. The Morgan fingerprint density at radius 2 is 1.53 bits per heavy atom. The number of alkyl carbamates (subject to hydrolysis) is 1. The van der Waals surface area contributed by atoms with E-state index >= 15 is 0 Å².